The Hall–Kier alpha value is -0.440. The molecule has 0 atom stereocenters. The molecule has 0 bridgehead atoms. The second-order valence-electron chi connectivity index (χ2n) is 1.91. The summed E-state index contributed by atoms with van der Waals surface area (Å²) in [5, 5.41) is 6.23. The lowest BCUT2D eigenvalue weighted by atomic mass is 10.2. The van der Waals surface area contributed by atoms with E-state index < -0.39 is 0 Å². The Labute approximate surface area is 60.2 Å². The van der Waals surface area contributed by atoms with Gasteiger partial charge in [0.25, 0.3) is 0 Å². The molecule has 0 aliphatic carbocycles. The minimum atomic E-state index is 0.401. The maximum Gasteiger partial charge on any atom is 0.0995 e. The molecule has 0 saturated carbocycles. The van der Waals surface area contributed by atoms with E-state index in [1.54, 1.807) is 5.41 Å². The Kier molecular flexibility index (Phi) is 4.22. The third-order valence-electron chi connectivity index (χ3n) is 0.825. The highest BCUT2D eigenvalue weighted by Gasteiger charge is 2.01. The molecule has 0 heterocycles. The summed E-state index contributed by atoms with van der Waals surface area (Å²) < 4.78 is 0. The minimum Gasteiger partial charge on any atom is -0.323 e. The van der Waals surface area contributed by atoms with Crippen LogP contribution in [-0.2, 0) is 0 Å². The number of thioether (sulfide) groups is 1. The summed E-state index contributed by atoms with van der Waals surface area (Å²) in [6, 6.07) is 0. The van der Waals surface area contributed by atoms with Gasteiger partial charge in [0.1, 0.15) is 0 Å². The molecule has 0 radical (unpaired) electrons. The lowest BCUT2D eigenvalue weighted by Crippen LogP contribution is -2.04. The van der Waals surface area contributed by atoms with E-state index in [1.165, 1.54) is 11.8 Å². The van der Waals surface area contributed by atoms with E-state index in [2.05, 4.69) is 11.7 Å². The maximum absolute atomic E-state index is 5.08. The van der Waals surface area contributed by atoms with Gasteiger partial charge >= 0.3 is 0 Å². The van der Waals surface area contributed by atoms with Crippen LogP contribution in [0.4, 0.5) is 0 Å². The number of hydrazone groups is 1. The van der Waals surface area contributed by atoms with E-state index in [0.29, 0.717) is 5.92 Å². The smallest absolute Gasteiger partial charge is 0.0995 e. The fraction of sp³-hybridized carbons (Fsp3) is 0.500. The Morgan fingerprint density at radius 3 is 2.44 bits per heavy atom. The Bertz CT molecular complexity index is 118. The van der Waals surface area contributed by atoms with E-state index in [-0.39, 0.29) is 0 Å². The molecular formula is C6H12N2S. The van der Waals surface area contributed by atoms with Gasteiger partial charge in [-0.25, -0.2) is 0 Å². The first kappa shape index (κ1) is 8.56. The van der Waals surface area contributed by atoms with Crippen LogP contribution in [0.5, 0.6) is 0 Å². The highest BCUT2D eigenvalue weighted by molar-refractivity contribution is 8.16. The quantitative estimate of drug-likeness (QED) is 0.278. The van der Waals surface area contributed by atoms with Gasteiger partial charge in [-0.15, -0.1) is 0 Å². The van der Waals surface area contributed by atoms with Crippen molar-refractivity contribution in [2.24, 2.45) is 16.9 Å². The summed E-state index contributed by atoms with van der Waals surface area (Å²) >= 11 is 1.47. The molecule has 0 fully saturated rings. The predicted molar refractivity (Wildman–Crippen MR) is 44.2 cm³/mol. The van der Waals surface area contributed by atoms with E-state index >= 15 is 0 Å². The second kappa shape index (κ2) is 4.44. The Morgan fingerprint density at radius 2 is 2.33 bits per heavy atom. The van der Waals surface area contributed by atoms with E-state index in [4.69, 9.17) is 5.84 Å². The molecule has 9 heavy (non-hydrogen) atoms. The molecule has 0 unspecified atom stereocenters. The second-order valence-corrected chi connectivity index (χ2v) is 2.89. The molecular weight excluding hydrogens is 132 g/mol. The van der Waals surface area contributed by atoms with Crippen LogP contribution in [0.25, 0.3) is 0 Å². The number of nitrogens with two attached hydrogens (primary N) is 1. The summed E-state index contributed by atoms with van der Waals surface area (Å²) in [7, 11) is 0. The van der Waals surface area contributed by atoms with Crippen molar-refractivity contribution in [2.45, 2.75) is 13.8 Å². The fourth-order valence-electron chi connectivity index (χ4n) is 0.401. The van der Waals surface area contributed by atoms with E-state index in [0.717, 1.165) is 5.04 Å². The normalized spacial score (nSPS) is 12.1. The van der Waals surface area contributed by atoms with Crippen LogP contribution in [0.1, 0.15) is 13.8 Å². The van der Waals surface area contributed by atoms with Crippen LogP contribution in [0, 0.1) is 5.92 Å². The molecule has 0 spiro atoms. The van der Waals surface area contributed by atoms with Gasteiger partial charge in [-0.05, 0) is 5.41 Å². The fourth-order valence-corrected chi connectivity index (χ4v) is 0.905. The molecule has 2 nitrogen and oxygen atoms in total. The van der Waals surface area contributed by atoms with Crippen LogP contribution in [-0.4, -0.2) is 5.04 Å². The van der Waals surface area contributed by atoms with Gasteiger partial charge in [-0.1, -0.05) is 32.2 Å². The highest BCUT2D eigenvalue weighted by atomic mass is 32.2. The first-order valence-electron chi connectivity index (χ1n) is 2.77. The maximum atomic E-state index is 5.08. The average molecular weight is 144 g/mol. The van der Waals surface area contributed by atoms with Crippen LogP contribution in [0.3, 0.4) is 0 Å². The SMILES string of the molecule is C=CS/C(=N\N)C(C)C. The van der Waals surface area contributed by atoms with E-state index in [1.807, 2.05) is 13.8 Å². The summed E-state index contributed by atoms with van der Waals surface area (Å²) in [5.74, 6) is 5.48. The van der Waals surface area contributed by atoms with Gasteiger partial charge in [0.2, 0.25) is 0 Å². The van der Waals surface area contributed by atoms with Crippen LogP contribution < -0.4 is 5.84 Å². The van der Waals surface area contributed by atoms with Gasteiger partial charge in [-0.2, -0.15) is 5.10 Å². The lowest BCUT2D eigenvalue weighted by Gasteiger charge is -2.02. The summed E-state index contributed by atoms with van der Waals surface area (Å²) in [6.07, 6.45) is 0. The van der Waals surface area contributed by atoms with Crippen molar-refractivity contribution in [3.63, 3.8) is 0 Å². The lowest BCUT2D eigenvalue weighted by molar-refractivity contribution is 0.893. The third-order valence-corrected chi connectivity index (χ3v) is 1.81. The number of hydrogen-bond donors (Lipinski definition) is 1. The molecule has 0 aromatic rings. The third kappa shape index (κ3) is 3.19. The zero-order valence-corrected chi connectivity index (χ0v) is 6.61. The molecule has 0 aliphatic heterocycles. The van der Waals surface area contributed by atoms with Crippen molar-refractivity contribution < 1.29 is 0 Å². The highest BCUT2D eigenvalue weighted by Crippen LogP contribution is 2.11. The zero-order chi connectivity index (χ0) is 7.28. The van der Waals surface area contributed by atoms with Gasteiger partial charge < -0.3 is 5.84 Å². The van der Waals surface area contributed by atoms with Crippen LogP contribution in [0.15, 0.2) is 17.1 Å². The van der Waals surface area contributed by atoms with Crippen molar-refractivity contribution in [1.82, 2.24) is 0 Å². The summed E-state index contributed by atoms with van der Waals surface area (Å²) in [4.78, 5) is 0. The van der Waals surface area contributed by atoms with Gasteiger partial charge in [0.05, 0.1) is 5.04 Å². The average Bonchev–Trinajstić information content (AvgIpc) is 1.82. The van der Waals surface area contributed by atoms with Crippen molar-refractivity contribution in [2.75, 3.05) is 0 Å². The van der Waals surface area contributed by atoms with Crippen LogP contribution >= 0.6 is 11.8 Å². The molecule has 0 saturated heterocycles. The molecule has 0 amide bonds. The molecule has 3 heteroatoms. The number of nitrogens with zero attached hydrogens (tertiary/aromatic N) is 1. The number of rotatable bonds is 2. The van der Waals surface area contributed by atoms with Crippen molar-refractivity contribution in [3.8, 4) is 0 Å². The van der Waals surface area contributed by atoms with Gasteiger partial charge in [0.15, 0.2) is 0 Å². The molecule has 0 aromatic heterocycles. The largest absolute Gasteiger partial charge is 0.323 e. The van der Waals surface area contributed by atoms with Crippen molar-refractivity contribution >= 4 is 16.8 Å². The van der Waals surface area contributed by atoms with Crippen molar-refractivity contribution in [3.05, 3.63) is 12.0 Å². The van der Waals surface area contributed by atoms with Gasteiger partial charge in [0, 0.05) is 5.92 Å². The van der Waals surface area contributed by atoms with Gasteiger partial charge in [-0.3, -0.25) is 0 Å². The monoisotopic (exact) mass is 144 g/mol. The Morgan fingerprint density at radius 1 is 1.78 bits per heavy atom. The Balaban J connectivity index is 3.84. The minimum absolute atomic E-state index is 0.401. The topological polar surface area (TPSA) is 38.4 Å². The van der Waals surface area contributed by atoms with E-state index in [9.17, 15) is 0 Å². The summed E-state index contributed by atoms with van der Waals surface area (Å²) in [5.41, 5.74) is 0. The molecule has 52 valence electrons. The number of hydrogen-bond acceptors (Lipinski definition) is 3. The predicted octanol–water partition coefficient (Wildman–Crippen LogP) is 1.79. The first-order valence-corrected chi connectivity index (χ1v) is 3.65. The van der Waals surface area contributed by atoms with Crippen LogP contribution in [0.2, 0.25) is 0 Å². The standard InChI is InChI=1S/C6H12N2S/c1-4-9-6(8-7)5(2)3/h4-5H,1,7H2,2-3H3/b8-6-. The molecule has 0 aromatic carbocycles. The zero-order valence-electron chi connectivity index (χ0n) is 5.79. The van der Waals surface area contributed by atoms with Crippen molar-refractivity contribution in [1.29, 1.82) is 0 Å². The summed E-state index contributed by atoms with van der Waals surface area (Å²) in [6.45, 7) is 7.65. The molecule has 2 N–H and O–H groups in total. The first-order chi connectivity index (χ1) is 4.22. The molecule has 0 rings (SSSR count). The molecule has 0 aliphatic rings.